The van der Waals surface area contributed by atoms with Crippen LogP contribution in [0.25, 0.3) is 0 Å². The van der Waals surface area contributed by atoms with Crippen molar-refractivity contribution < 1.29 is 9.53 Å². The van der Waals surface area contributed by atoms with Crippen molar-refractivity contribution in [1.82, 2.24) is 9.80 Å². The first-order chi connectivity index (χ1) is 11.6. The average Bonchev–Trinajstić information content (AvgIpc) is 3.00. The third-order valence-corrected chi connectivity index (χ3v) is 5.83. The van der Waals surface area contributed by atoms with Crippen LogP contribution in [0, 0.1) is 0 Å². The summed E-state index contributed by atoms with van der Waals surface area (Å²) in [5.74, 6) is 0.994. The van der Waals surface area contributed by atoms with Crippen molar-refractivity contribution in [1.29, 1.82) is 0 Å². The maximum absolute atomic E-state index is 12.5. The lowest BCUT2D eigenvalue weighted by atomic mass is 10.1. The Labute approximate surface area is 155 Å². The van der Waals surface area contributed by atoms with E-state index in [0.717, 1.165) is 44.0 Å². The molecule has 1 aromatic carbocycles. The molecular formula is C18H21BrN2O2S. The second kappa shape index (κ2) is 8.14. The van der Waals surface area contributed by atoms with Gasteiger partial charge in [-0.25, -0.2) is 0 Å². The largest absolute Gasteiger partial charge is 0.497 e. The smallest absolute Gasteiger partial charge is 0.227 e. The number of carbonyl (C=O) groups is 1. The Morgan fingerprint density at radius 3 is 2.67 bits per heavy atom. The van der Waals surface area contributed by atoms with Gasteiger partial charge in [0.2, 0.25) is 5.91 Å². The van der Waals surface area contributed by atoms with Crippen molar-refractivity contribution >= 4 is 33.2 Å². The van der Waals surface area contributed by atoms with Gasteiger partial charge in [0.25, 0.3) is 0 Å². The number of methoxy groups -OCH3 is 1. The number of thiophene rings is 1. The van der Waals surface area contributed by atoms with Crippen molar-refractivity contribution in [3.63, 3.8) is 0 Å². The van der Waals surface area contributed by atoms with E-state index in [1.165, 1.54) is 8.66 Å². The standard InChI is InChI=1S/C18H21BrN2O2S/c1-23-15-4-2-3-14(11-15)12-18(22)21-9-7-20(8-10-21)13-16-5-6-17(19)24-16/h2-6,11H,7-10,12-13H2,1H3. The fraction of sp³-hybridized carbons (Fsp3) is 0.389. The van der Waals surface area contributed by atoms with Crippen molar-refractivity contribution in [2.45, 2.75) is 13.0 Å². The molecule has 0 aliphatic carbocycles. The molecule has 0 radical (unpaired) electrons. The molecule has 0 bridgehead atoms. The van der Waals surface area contributed by atoms with Gasteiger partial charge in [-0.15, -0.1) is 11.3 Å². The van der Waals surface area contributed by atoms with Crippen molar-refractivity contribution in [2.75, 3.05) is 33.3 Å². The van der Waals surface area contributed by atoms with E-state index in [4.69, 9.17) is 4.74 Å². The quantitative estimate of drug-likeness (QED) is 0.759. The maximum atomic E-state index is 12.5. The molecule has 0 atom stereocenters. The highest BCUT2D eigenvalue weighted by molar-refractivity contribution is 9.11. The van der Waals surface area contributed by atoms with Gasteiger partial charge in [0.1, 0.15) is 5.75 Å². The van der Waals surface area contributed by atoms with E-state index in [-0.39, 0.29) is 5.91 Å². The zero-order valence-electron chi connectivity index (χ0n) is 13.7. The molecule has 4 nitrogen and oxygen atoms in total. The van der Waals surface area contributed by atoms with Crippen molar-refractivity contribution in [3.05, 3.63) is 50.6 Å². The van der Waals surface area contributed by atoms with Gasteiger partial charge in [-0.1, -0.05) is 12.1 Å². The molecule has 1 aromatic heterocycles. The lowest BCUT2D eigenvalue weighted by molar-refractivity contribution is -0.132. The molecule has 24 heavy (non-hydrogen) atoms. The van der Waals surface area contributed by atoms with Crippen LogP contribution in [0.5, 0.6) is 5.75 Å². The highest BCUT2D eigenvalue weighted by Gasteiger charge is 2.21. The molecule has 0 N–H and O–H groups in total. The summed E-state index contributed by atoms with van der Waals surface area (Å²) in [7, 11) is 1.65. The topological polar surface area (TPSA) is 32.8 Å². The molecule has 1 aliphatic heterocycles. The Hall–Kier alpha value is -1.37. The number of carbonyl (C=O) groups excluding carboxylic acids is 1. The summed E-state index contributed by atoms with van der Waals surface area (Å²) < 4.78 is 6.39. The summed E-state index contributed by atoms with van der Waals surface area (Å²) in [6, 6.07) is 12.0. The summed E-state index contributed by atoms with van der Waals surface area (Å²) in [6.07, 6.45) is 0.440. The number of piperazine rings is 1. The van der Waals surface area contributed by atoms with Crippen LogP contribution in [0.3, 0.4) is 0 Å². The summed E-state index contributed by atoms with van der Waals surface area (Å²) in [6.45, 7) is 4.43. The Morgan fingerprint density at radius 2 is 2.00 bits per heavy atom. The molecule has 1 amide bonds. The van der Waals surface area contributed by atoms with Gasteiger partial charge in [-0.3, -0.25) is 9.69 Å². The minimum atomic E-state index is 0.196. The lowest BCUT2D eigenvalue weighted by Crippen LogP contribution is -2.48. The first-order valence-electron chi connectivity index (χ1n) is 8.01. The monoisotopic (exact) mass is 408 g/mol. The van der Waals surface area contributed by atoms with E-state index in [1.54, 1.807) is 18.4 Å². The second-order valence-corrected chi connectivity index (χ2v) is 8.44. The maximum Gasteiger partial charge on any atom is 0.227 e. The summed E-state index contributed by atoms with van der Waals surface area (Å²) in [5, 5.41) is 0. The van der Waals surface area contributed by atoms with Gasteiger partial charge >= 0.3 is 0 Å². The number of halogens is 1. The number of rotatable bonds is 5. The number of benzene rings is 1. The van der Waals surface area contributed by atoms with Crippen LogP contribution in [0.1, 0.15) is 10.4 Å². The third-order valence-electron chi connectivity index (χ3n) is 4.22. The first-order valence-corrected chi connectivity index (χ1v) is 9.62. The van der Waals surface area contributed by atoms with Crippen LogP contribution in [0.2, 0.25) is 0 Å². The van der Waals surface area contributed by atoms with E-state index < -0.39 is 0 Å². The van der Waals surface area contributed by atoms with Crippen molar-refractivity contribution in [3.8, 4) is 5.75 Å². The first kappa shape index (κ1) is 17.5. The normalized spacial score (nSPS) is 15.5. The molecule has 6 heteroatoms. The van der Waals surface area contributed by atoms with Crippen LogP contribution in [0.4, 0.5) is 0 Å². The number of nitrogens with zero attached hydrogens (tertiary/aromatic N) is 2. The Bertz CT molecular complexity index is 696. The Balaban J connectivity index is 1.49. The minimum Gasteiger partial charge on any atom is -0.497 e. The molecule has 3 rings (SSSR count). The van der Waals surface area contributed by atoms with Gasteiger partial charge in [0.05, 0.1) is 17.3 Å². The van der Waals surface area contributed by atoms with Crippen LogP contribution in [0.15, 0.2) is 40.2 Å². The Kier molecular flexibility index (Phi) is 5.92. The lowest BCUT2D eigenvalue weighted by Gasteiger charge is -2.34. The molecule has 0 saturated carbocycles. The van der Waals surface area contributed by atoms with Gasteiger partial charge in [0, 0.05) is 37.6 Å². The van der Waals surface area contributed by atoms with E-state index in [2.05, 4.69) is 33.0 Å². The fourth-order valence-corrected chi connectivity index (χ4v) is 4.41. The van der Waals surface area contributed by atoms with Crippen LogP contribution in [-0.2, 0) is 17.8 Å². The van der Waals surface area contributed by atoms with Gasteiger partial charge in [-0.05, 0) is 45.8 Å². The predicted molar refractivity (Wildman–Crippen MR) is 101 cm³/mol. The second-order valence-electron chi connectivity index (χ2n) is 5.89. The third kappa shape index (κ3) is 4.59. The highest BCUT2D eigenvalue weighted by atomic mass is 79.9. The molecule has 2 heterocycles. The fourth-order valence-electron chi connectivity index (χ4n) is 2.88. The molecule has 1 saturated heterocycles. The zero-order chi connectivity index (χ0) is 16.9. The molecule has 1 aliphatic rings. The summed E-state index contributed by atoms with van der Waals surface area (Å²) >= 11 is 5.28. The number of hydrogen-bond donors (Lipinski definition) is 0. The van der Waals surface area contributed by atoms with E-state index in [9.17, 15) is 4.79 Å². The number of amides is 1. The number of ether oxygens (including phenoxy) is 1. The molecule has 128 valence electrons. The zero-order valence-corrected chi connectivity index (χ0v) is 16.1. The Morgan fingerprint density at radius 1 is 1.21 bits per heavy atom. The molecule has 0 unspecified atom stereocenters. The van der Waals surface area contributed by atoms with E-state index in [1.807, 2.05) is 29.2 Å². The molecule has 1 fully saturated rings. The van der Waals surface area contributed by atoms with Crippen LogP contribution < -0.4 is 4.74 Å². The van der Waals surface area contributed by atoms with Gasteiger partial charge in [-0.2, -0.15) is 0 Å². The van der Waals surface area contributed by atoms with E-state index >= 15 is 0 Å². The average molecular weight is 409 g/mol. The molecule has 2 aromatic rings. The molecular weight excluding hydrogens is 388 g/mol. The summed E-state index contributed by atoms with van der Waals surface area (Å²) in [5.41, 5.74) is 1.00. The predicted octanol–water partition coefficient (Wildman–Crippen LogP) is 3.41. The number of hydrogen-bond acceptors (Lipinski definition) is 4. The van der Waals surface area contributed by atoms with E-state index in [0.29, 0.717) is 6.42 Å². The van der Waals surface area contributed by atoms with Gasteiger partial charge in [0.15, 0.2) is 0 Å². The van der Waals surface area contributed by atoms with Gasteiger partial charge < -0.3 is 9.64 Å². The summed E-state index contributed by atoms with van der Waals surface area (Å²) in [4.78, 5) is 18.2. The van der Waals surface area contributed by atoms with Crippen molar-refractivity contribution in [2.24, 2.45) is 0 Å². The van der Waals surface area contributed by atoms with Crippen LogP contribution in [-0.4, -0.2) is 49.0 Å². The SMILES string of the molecule is COc1cccc(CC(=O)N2CCN(Cc3ccc(Br)s3)CC2)c1. The minimum absolute atomic E-state index is 0.196. The highest BCUT2D eigenvalue weighted by Crippen LogP contribution is 2.23. The molecule has 0 spiro atoms. The van der Waals surface area contributed by atoms with Crippen LogP contribution >= 0.6 is 27.3 Å².